The summed E-state index contributed by atoms with van der Waals surface area (Å²) in [7, 11) is 0. The number of hydrogen-bond acceptors (Lipinski definition) is 2. The minimum Gasteiger partial charge on any atom is -0.311 e. The minimum absolute atomic E-state index is 0.0170. The van der Waals surface area contributed by atoms with E-state index in [0.717, 1.165) is 11.4 Å². The predicted molar refractivity (Wildman–Crippen MR) is 268 cm³/mol. The van der Waals surface area contributed by atoms with Gasteiger partial charge in [-0.1, -0.05) is 200 Å². The van der Waals surface area contributed by atoms with E-state index in [2.05, 4.69) is 259 Å². The Kier molecular flexibility index (Phi) is 8.97. The first-order chi connectivity index (χ1) is 31.3. The van der Waals surface area contributed by atoms with Crippen molar-refractivity contribution in [1.29, 1.82) is 0 Å². The molecule has 0 bridgehead atoms. The number of hydrogen-bond donors (Lipinski definition) is 0. The van der Waals surface area contributed by atoms with Gasteiger partial charge in [0.25, 0.3) is 6.71 Å². The molecule has 0 aromatic heterocycles. The number of nitrogens with zero attached hydrogens (tertiary/aromatic N) is 2. The Hall–Kier alpha value is -8.14. The molecule has 0 aliphatic carbocycles. The van der Waals surface area contributed by atoms with Crippen molar-refractivity contribution in [2.45, 2.75) is 0 Å². The second kappa shape index (κ2) is 15.4. The molecule has 294 valence electrons. The molecule has 0 unspecified atom stereocenters. The van der Waals surface area contributed by atoms with E-state index in [9.17, 15) is 0 Å². The maximum Gasteiger partial charge on any atom is 0.252 e. The molecule has 0 fully saturated rings. The fourth-order valence-corrected chi connectivity index (χ4v) is 9.97. The van der Waals surface area contributed by atoms with Crippen LogP contribution in [0.2, 0.25) is 0 Å². The van der Waals surface area contributed by atoms with Crippen LogP contribution in [0.1, 0.15) is 0 Å². The van der Waals surface area contributed by atoms with Crippen LogP contribution in [-0.4, -0.2) is 6.71 Å². The quantitative estimate of drug-likeness (QED) is 0.148. The van der Waals surface area contributed by atoms with Crippen LogP contribution in [0.4, 0.5) is 34.1 Å². The van der Waals surface area contributed by atoms with Crippen LogP contribution in [-0.2, 0) is 0 Å². The molecule has 0 saturated carbocycles. The van der Waals surface area contributed by atoms with Gasteiger partial charge in [-0.2, -0.15) is 0 Å². The minimum atomic E-state index is -0.0170. The van der Waals surface area contributed by atoms with Crippen LogP contribution >= 0.6 is 0 Å². The van der Waals surface area contributed by atoms with Gasteiger partial charge in [0, 0.05) is 34.1 Å². The summed E-state index contributed by atoms with van der Waals surface area (Å²) in [5.74, 6) is 0. The number of fused-ring (bicyclic) bond motifs is 4. The highest BCUT2D eigenvalue weighted by Gasteiger charge is 2.43. The fraction of sp³-hybridized carbons (Fsp3) is 0. The van der Waals surface area contributed by atoms with Crippen molar-refractivity contribution >= 4 is 57.2 Å². The third-order valence-corrected chi connectivity index (χ3v) is 12.8. The van der Waals surface area contributed by atoms with Crippen molar-refractivity contribution < 1.29 is 0 Å². The molecule has 0 radical (unpaired) electrons. The first kappa shape index (κ1) is 36.7. The normalized spacial score (nSPS) is 12.3. The smallest absolute Gasteiger partial charge is 0.252 e. The van der Waals surface area contributed by atoms with Crippen molar-refractivity contribution in [2.24, 2.45) is 0 Å². The van der Waals surface area contributed by atoms with Gasteiger partial charge < -0.3 is 9.80 Å². The molecule has 63 heavy (non-hydrogen) atoms. The summed E-state index contributed by atoms with van der Waals surface area (Å²) in [5, 5.41) is 0. The van der Waals surface area contributed by atoms with Crippen LogP contribution in [0, 0.1) is 0 Å². The maximum atomic E-state index is 2.54. The molecule has 2 aliphatic rings. The van der Waals surface area contributed by atoms with Crippen molar-refractivity contribution in [2.75, 3.05) is 9.80 Å². The Balaban J connectivity index is 1.17. The molecular weight excluding hydrogens is 759 g/mol. The van der Waals surface area contributed by atoms with Crippen molar-refractivity contribution in [1.82, 2.24) is 0 Å². The lowest BCUT2D eigenvalue weighted by Gasteiger charge is -2.44. The average molecular weight is 801 g/mol. The van der Waals surface area contributed by atoms with Gasteiger partial charge in [-0.3, -0.25) is 0 Å². The molecule has 0 spiro atoms. The van der Waals surface area contributed by atoms with Gasteiger partial charge in [0.05, 0.1) is 0 Å². The highest BCUT2D eigenvalue weighted by atomic mass is 15.2. The lowest BCUT2D eigenvalue weighted by Crippen LogP contribution is -2.61. The zero-order valence-electron chi connectivity index (χ0n) is 34.6. The van der Waals surface area contributed by atoms with Gasteiger partial charge in [-0.05, 0) is 121 Å². The van der Waals surface area contributed by atoms with E-state index in [1.165, 1.54) is 94.8 Å². The summed E-state index contributed by atoms with van der Waals surface area (Å²) < 4.78 is 0. The molecule has 2 heterocycles. The van der Waals surface area contributed by atoms with Crippen LogP contribution < -0.4 is 26.2 Å². The Bertz CT molecular complexity index is 3280. The van der Waals surface area contributed by atoms with Crippen molar-refractivity contribution in [3.05, 3.63) is 249 Å². The molecule has 2 nitrogen and oxygen atoms in total. The van der Waals surface area contributed by atoms with Gasteiger partial charge in [-0.25, -0.2) is 0 Å². The SMILES string of the molecule is c1ccc(-c2cccc(N3c4ccccc4B4c5cc(-c6ccccc6)ccc5N(c5ccc(-c6ccccc6)c(-c6ccccc6)c5)c5cc(-c6ccccc6)cc3c54)c2)cc1. The summed E-state index contributed by atoms with van der Waals surface area (Å²) in [6, 6.07) is 91.2. The Morgan fingerprint density at radius 3 is 1.30 bits per heavy atom. The molecule has 0 saturated heterocycles. The van der Waals surface area contributed by atoms with Gasteiger partial charge in [0.15, 0.2) is 0 Å². The topological polar surface area (TPSA) is 6.48 Å². The van der Waals surface area contributed by atoms with E-state index < -0.39 is 0 Å². The van der Waals surface area contributed by atoms with Gasteiger partial charge >= 0.3 is 0 Å². The monoisotopic (exact) mass is 800 g/mol. The molecule has 12 rings (SSSR count). The lowest BCUT2D eigenvalue weighted by molar-refractivity contribution is 1.25. The molecule has 2 aliphatic heterocycles. The Morgan fingerprint density at radius 1 is 0.238 bits per heavy atom. The molecule has 0 amide bonds. The summed E-state index contributed by atoms with van der Waals surface area (Å²) in [6.45, 7) is -0.0170. The number of anilines is 6. The average Bonchev–Trinajstić information content (AvgIpc) is 3.37. The number of para-hydroxylation sites is 1. The third kappa shape index (κ3) is 6.37. The molecule has 3 heteroatoms. The van der Waals surface area contributed by atoms with Crippen LogP contribution in [0.3, 0.4) is 0 Å². The summed E-state index contributed by atoms with van der Waals surface area (Å²) in [4.78, 5) is 5.06. The van der Waals surface area contributed by atoms with Crippen LogP contribution in [0.5, 0.6) is 0 Å². The van der Waals surface area contributed by atoms with Gasteiger partial charge in [-0.15, -0.1) is 0 Å². The van der Waals surface area contributed by atoms with Gasteiger partial charge in [0.1, 0.15) is 0 Å². The molecular formula is C60H41BN2. The second-order valence-corrected chi connectivity index (χ2v) is 16.5. The number of rotatable bonds is 7. The van der Waals surface area contributed by atoms with E-state index >= 15 is 0 Å². The predicted octanol–water partition coefficient (Wildman–Crippen LogP) is 14.1. The van der Waals surface area contributed by atoms with Crippen molar-refractivity contribution in [3.8, 4) is 55.6 Å². The molecule has 10 aromatic rings. The van der Waals surface area contributed by atoms with Crippen LogP contribution in [0.15, 0.2) is 249 Å². The Labute approximate surface area is 369 Å². The molecule has 10 aromatic carbocycles. The number of benzene rings is 10. The van der Waals surface area contributed by atoms with E-state index in [0.29, 0.717) is 0 Å². The Morgan fingerprint density at radius 2 is 0.698 bits per heavy atom. The molecule has 0 N–H and O–H groups in total. The van der Waals surface area contributed by atoms with Crippen LogP contribution in [0.25, 0.3) is 55.6 Å². The lowest BCUT2D eigenvalue weighted by atomic mass is 9.33. The summed E-state index contributed by atoms with van der Waals surface area (Å²) >= 11 is 0. The van der Waals surface area contributed by atoms with Crippen molar-refractivity contribution in [3.63, 3.8) is 0 Å². The van der Waals surface area contributed by atoms with E-state index in [1.807, 2.05) is 0 Å². The zero-order valence-corrected chi connectivity index (χ0v) is 34.6. The summed E-state index contributed by atoms with van der Waals surface area (Å²) in [5.41, 5.74) is 22.8. The zero-order chi connectivity index (χ0) is 41.7. The standard InChI is InChI=1S/C60H41BN2/c1-6-19-42(20-7-1)47-29-18-30-50(37-47)62-56-32-17-16-31-54(56)61-55-38-48(43-21-8-2-9-22-43)33-36-57(55)63(59-40-49(39-58(62)60(59)61)44-23-10-3-11-24-44)51-34-35-52(45-25-12-4-13-26-45)53(41-51)46-27-14-5-15-28-46/h1-41H. The molecule has 0 atom stereocenters. The second-order valence-electron chi connectivity index (χ2n) is 16.5. The first-order valence-electron chi connectivity index (χ1n) is 21.8. The first-order valence-corrected chi connectivity index (χ1v) is 21.8. The third-order valence-electron chi connectivity index (χ3n) is 12.8. The fourth-order valence-electron chi connectivity index (χ4n) is 9.97. The largest absolute Gasteiger partial charge is 0.311 e. The van der Waals surface area contributed by atoms with E-state index in [4.69, 9.17) is 0 Å². The van der Waals surface area contributed by atoms with Gasteiger partial charge in [0.2, 0.25) is 0 Å². The maximum absolute atomic E-state index is 2.54. The van der Waals surface area contributed by atoms with E-state index in [-0.39, 0.29) is 6.71 Å². The summed E-state index contributed by atoms with van der Waals surface area (Å²) in [6.07, 6.45) is 0. The highest BCUT2D eigenvalue weighted by molar-refractivity contribution is 7.00. The highest BCUT2D eigenvalue weighted by Crippen LogP contribution is 2.48. The van der Waals surface area contributed by atoms with E-state index in [1.54, 1.807) is 0 Å².